The summed E-state index contributed by atoms with van der Waals surface area (Å²) in [5, 5.41) is 8.68. The first-order chi connectivity index (χ1) is 15.2. The van der Waals surface area contributed by atoms with Crippen molar-refractivity contribution in [3.05, 3.63) is 35.2 Å². The van der Waals surface area contributed by atoms with Crippen LogP contribution in [0.4, 0.5) is 0 Å². The fourth-order valence-electron chi connectivity index (χ4n) is 4.44. The van der Waals surface area contributed by atoms with Crippen LogP contribution >= 0.6 is 23.4 Å². The van der Waals surface area contributed by atoms with Crippen molar-refractivity contribution in [3.8, 4) is 11.4 Å². The quantitative estimate of drug-likeness (QED) is 0.569. The lowest BCUT2D eigenvalue weighted by molar-refractivity contribution is -0.126. The van der Waals surface area contributed by atoms with Crippen LogP contribution in [0.15, 0.2) is 28.8 Å². The summed E-state index contributed by atoms with van der Waals surface area (Å²) in [6.45, 7) is 3.00. The fourth-order valence-corrected chi connectivity index (χ4v) is 5.85. The molecule has 1 aromatic carbocycles. The number of rotatable bonds is 8. The lowest BCUT2D eigenvalue weighted by Gasteiger charge is -2.31. The molecule has 1 aliphatic heterocycles. The zero-order valence-corrected chi connectivity index (χ0v) is 19.5. The number of thioether (sulfide) groups is 1. The first-order valence-electron chi connectivity index (χ1n) is 11.4. The molecule has 168 valence electrons. The van der Waals surface area contributed by atoms with Gasteiger partial charge < -0.3 is 9.84 Å². The average molecular weight is 463 g/mol. The minimum absolute atomic E-state index is 0.0313. The summed E-state index contributed by atoms with van der Waals surface area (Å²) in [7, 11) is 0. The van der Waals surface area contributed by atoms with Crippen molar-refractivity contribution in [1.82, 2.24) is 20.4 Å². The van der Waals surface area contributed by atoms with Crippen molar-refractivity contribution in [2.24, 2.45) is 5.92 Å². The molecule has 2 aliphatic rings. The molecule has 31 heavy (non-hydrogen) atoms. The molecule has 1 aromatic heterocycles. The van der Waals surface area contributed by atoms with Gasteiger partial charge in [-0.15, -0.1) is 0 Å². The Bertz CT molecular complexity index is 856. The van der Waals surface area contributed by atoms with Gasteiger partial charge in [0.05, 0.1) is 12.5 Å². The average Bonchev–Trinajstić information content (AvgIpc) is 3.26. The highest BCUT2D eigenvalue weighted by atomic mass is 35.5. The molecular formula is C23H31ClN4O2S. The van der Waals surface area contributed by atoms with Gasteiger partial charge in [-0.1, -0.05) is 48.2 Å². The number of piperidine rings is 1. The second-order valence-electron chi connectivity index (χ2n) is 8.52. The third-order valence-electron chi connectivity index (χ3n) is 6.09. The maximum absolute atomic E-state index is 12.7. The van der Waals surface area contributed by atoms with Gasteiger partial charge in [-0.25, -0.2) is 0 Å². The van der Waals surface area contributed by atoms with Crippen LogP contribution in [0.3, 0.4) is 0 Å². The molecule has 6 nitrogen and oxygen atoms in total. The summed E-state index contributed by atoms with van der Waals surface area (Å²) in [6, 6.07) is 7.42. The topological polar surface area (TPSA) is 71.3 Å². The van der Waals surface area contributed by atoms with Crippen LogP contribution in [-0.4, -0.2) is 51.6 Å². The van der Waals surface area contributed by atoms with Crippen molar-refractivity contribution in [3.63, 3.8) is 0 Å². The summed E-state index contributed by atoms with van der Waals surface area (Å²) < 4.78 is 5.45. The molecule has 1 unspecified atom stereocenters. The Morgan fingerprint density at radius 1 is 1.23 bits per heavy atom. The minimum atomic E-state index is 0.0313. The fraction of sp³-hybridized carbons (Fsp3) is 0.609. The first-order valence-corrected chi connectivity index (χ1v) is 12.8. The number of hydrogen-bond acceptors (Lipinski definition) is 6. The molecule has 8 heteroatoms. The van der Waals surface area contributed by atoms with E-state index in [0.717, 1.165) is 49.0 Å². The number of nitrogens with one attached hydrogen (secondary N) is 1. The molecular weight excluding hydrogens is 432 g/mol. The zero-order valence-electron chi connectivity index (χ0n) is 17.9. The number of carbonyl (C=O) groups is 1. The number of likely N-dealkylation sites (tertiary alicyclic amines) is 1. The van der Waals surface area contributed by atoms with E-state index in [9.17, 15) is 4.79 Å². The first kappa shape index (κ1) is 22.6. The monoisotopic (exact) mass is 462 g/mol. The van der Waals surface area contributed by atoms with E-state index >= 15 is 0 Å². The van der Waals surface area contributed by atoms with Gasteiger partial charge in [0, 0.05) is 34.7 Å². The lowest BCUT2D eigenvalue weighted by Crippen LogP contribution is -2.43. The smallest absolute Gasteiger partial charge is 0.241 e. The molecule has 1 N–H and O–H groups in total. The Labute approximate surface area is 193 Å². The maximum Gasteiger partial charge on any atom is 0.241 e. The second kappa shape index (κ2) is 11.3. The number of carbonyl (C=O) groups excluding carboxylic acids is 1. The molecule has 1 saturated heterocycles. The summed E-state index contributed by atoms with van der Waals surface area (Å²) >= 11 is 8.08. The molecule has 4 rings (SSSR count). The van der Waals surface area contributed by atoms with Crippen molar-refractivity contribution < 1.29 is 9.32 Å². The van der Waals surface area contributed by atoms with E-state index in [2.05, 4.69) is 20.4 Å². The number of halogens is 1. The van der Waals surface area contributed by atoms with Crippen LogP contribution in [0.2, 0.25) is 5.02 Å². The molecule has 2 fully saturated rings. The molecule has 1 amide bonds. The number of hydrogen-bond donors (Lipinski definition) is 1. The molecule has 0 bridgehead atoms. The molecule has 1 atom stereocenters. The van der Waals surface area contributed by atoms with E-state index in [1.807, 2.05) is 36.0 Å². The third kappa shape index (κ3) is 6.70. The van der Waals surface area contributed by atoms with Crippen LogP contribution in [0.5, 0.6) is 0 Å². The van der Waals surface area contributed by atoms with Crippen molar-refractivity contribution in [1.29, 1.82) is 0 Å². The van der Waals surface area contributed by atoms with Gasteiger partial charge in [0.15, 0.2) is 0 Å². The number of aromatic nitrogens is 2. The Hall–Kier alpha value is -1.57. The largest absolute Gasteiger partial charge is 0.355 e. The molecule has 2 aromatic rings. The molecule has 0 spiro atoms. The van der Waals surface area contributed by atoms with E-state index in [1.165, 1.54) is 32.1 Å². The SMILES string of the molecule is O=C(NCCSC1CCCCC1)C1CCCN(Cc2nc(-c3cccc(Cl)c3)no2)C1. The van der Waals surface area contributed by atoms with Crippen molar-refractivity contribution >= 4 is 29.3 Å². The highest BCUT2D eigenvalue weighted by Gasteiger charge is 2.27. The Morgan fingerprint density at radius 2 is 2.10 bits per heavy atom. The van der Waals surface area contributed by atoms with Crippen molar-refractivity contribution in [2.45, 2.75) is 56.7 Å². The predicted octanol–water partition coefficient (Wildman–Crippen LogP) is 4.78. The van der Waals surface area contributed by atoms with Crippen LogP contribution in [0.1, 0.15) is 50.8 Å². The summed E-state index contributed by atoms with van der Waals surface area (Å²) in [6.07, 6.45) is 8.73. The van der Waals surface area contributed by atoms with E-state index in [4.69, 9.17) is 16.1 Å². The van der Waals surface area contributed by atoms with Gasteiger partial charge in [0.1, 0.15) is 0 Å². The molecule has 0 radical (unpaired) electrons. The predicted molar refractivity (Wildman–Crippen MR) is 125 cm³/mol. The van der Waals surface area contributed by atoms with Gasteiger partial charge in [0.2, 0.25) is 17.6 Å². The zero-order chi connectivity index (χ0) is 21.5. The Kier molecular flexibility index (Phi) is 8.27. The highest BCUT2D eigenvalue weighted by Crippen LogP contribution is 2.28. The van der Waals surface area contributed by atoms with E-state index in [0.29, 0.717) is 23.3 Å². The van der Waals surface area contributed by atoms with Gasteiger partial charge in [0.25, 0.3) is 0 Å². The normalized spacial score (nSPS) is 20.6. The Morgan fingerprint density at radius 3 is 2.94 bits per heavy atom. The van der Waals surface area contributed by atoms with E-state index in [-0.39, 0.29) is 11.8 Å². The number of benzene rings is 1. The van der Waals surface area contributed by atoms with E-state index < -0.39 is 0 Å². The van der Waals surface area contributed by atoms with Crippen LogP contribution < -0.4 is 5.32 Å². The molecule has 1 aliphatic carbocycles. The number of nitrogens with zero attached hydrogens (tertiary/aromatic N) is 3. The van der Waals surface area contributed by atoms with Gasteiger partial charge >= 0.3 is 0 Å². The van der Waals surface area contributed by atoms with Gasteiger partial charge in [-0.2, -0.15) is 16.7 Å². The maximum atomic E-state index is 12.7. The standard InChI is InChI=1S/C23H31ClN4O2S/c24-19-8-4-6-17(14-19)22-26-21(30-27-22)16-28-12-5-7-18(15-28)23(29)25-11-13-31-20-9-2-1-3-10-20/h4,6,8,14,18,20H,1-3,5,7,9-13,15-16H2,(H,25,29). The highest BCUT2D eigenvalue weighted by molar-refractivity contribution is 7.99. The second-order valence-corrected chi connectivity index (χ2v) is 10.4. The Balaban J connectivity index is 1.21. The van der Waals surface area contributed by atoms with E-state index in [1.54, 1.807) is 0 Å². The summed E-state index contributed by atoms with van der Waals surface area (Å²) in [4.78, 5) is 19.4. The lowest BCUT2D eigenvalue weighted by atomic mass is 9.97. The summed E-state index contributed by atoms with van der Waals surface area (Å²) in [5.41, 5.74) is 0.837. The molecule has 1 saturated carbocycles. The van der Waals surface area contributed by atoms with Gasteiger partial charge in [-0.05, 0) is 44.4 Å². The third-order valence-corrected chi connectivity index (χ3v) is 7.71. The van der Waals surface area contributed by atoms with Crippen LogP contribution in [-0.2, 0) is 11.3 Å². The van der Waals surface area contributed by atoms with Gasteiger partial charge in [-0.3, -0.25) is 9.69 Å². The van der Waals surface area contributed by atoms with Crippen molar-refractivity contribution in [2.75, 3.05) is 25.4 Å². The van der Waals surface area contributed by atoms with Crippen LogP contribution in [0.25, 0.3) is 11.4 Å². The number of amides is 1. The summed E-state index contributed by atoms with van der Waals surface area (Å²) in [5.74, 6) is 2.34. The minimum Gasteiger partial charge on any atom is -0.355 e. The van der Waals surface area contributed by atoms with Crippen LogP contribution in [0, 0.1) is 5.92 Å². The molecule has 2 heterocycles.